The lowest BCUT2D eigenvalue weighted by Crippen LogP contribution is -2.35. The number of rotatable bonds is 5. The Morgan fingerprint density at radius 2 is 1.84 bits per heavy atom. The molecule has 2 saturated heterocycles. The molecule has 7 nitrogen and oxygen atoms in total. The summed E-state index contributed by atoms with van der Waals surface area (Å²) >= 11 is 0. The molecule has 1 atom stereocenters. The second kappa shape index (κ2) is 8.99. The summed E-state index contributed by atoms with van der Waals surface area (Å²) in [4.78, 5) is 26.8. The summed E-state index contributed by atoms with van der Waals surface area (Å²) in [5, 5.41) is 2.74. The number of piperidine rings is 1. The van der Waals surface area contributed by atoms with Gasteiger partial charge in [0, 0.05) is 37.4 Å². The van der Waals surface area contributed by atoms with E-state index in [1.165, 1.54) is 27.4 Å². The van der Waals surface area contributed by atoms with Gasteiger partial charge in [0.25, 0.3) is 0 Å². The van der Waals surface area contributed by atoms with Crippen LogP contribution in [-0.2, 0) is 19.6 Å². The standard InChI is InChI=1S/C23H26FN3O4S/c1-16-8-9-19(14-21(16)24)27-15-17(12-22(27)28)23(29)25-18-6-5-7-20(13-18)32(30,31)26-10-3-2-4-11-26/h5-9,13-14,17H,2-4,10-12,15H2,1H3,(H,25,29)/t17-/m1/s1. The monoisotopic (exact) mass is 459 g/mol. The molecule has 2 aliphatic rings. The summed E-state index contributed by atoms with van der Waals surface area (Å²) < 4.78 is 41.2. The summed E-state index contributed by atoms with van der Waals surface area (Å²) in [5.41, 5.74) is 1.26. The Hall–Kier alpha value is -2.78. The predicted octanol–water partition coefficient (Wildman–Crippen LogP) is 3.30. The minimum absolute atomic E-state index is 0.00704. The van der Waals surface area contributed by atoms with E-state index in [1.54, 1.807) is 31.2 Å². The molecule has 170 valence electrons. The van der Waals surface area contributed by atoms with Gasteiger partial charge in [-0.1, -0.05) is 18.6 Å². The Bertz CT molecular complexity index is 1150. The molecule has 0 unspecified atom stereocenters. The lowest BCUT2D eigenvalue weighted by Gasteiger charge is -2.26. The third-order valence-electron chi connectivity index (χ3n) is 6.02. The van der Waals surface area contributed by atoms with Crippen LogP contribution in [0, 0.1) is 18.7 Å². The van der Waals surface area contributed by atoms with Crippen LogP contribution in [0.15, 0.2) is 47.4 Å². The lowest BCUT2D eigenvalue weighted by atomic mass is 10.1. The fraction of sp³-hybridized carbons (Fsp3) is 0.391. The van der Waals surface area contributed by atoms with E-state index in [0.29, 0.717) is 30.0 Å². The number of nitrogens with one attached hydrogen (secondary N) is 1. The van der Waals surface area contributed by atoms with Gasteiger partial charge in [-0.05, 0) is 55.7 Å². The number of halogens is 1. The van der Waals surface area contributed by atoms with Crippen LogP contribution in [0.2, 0.25) is 0 Å². The maximum absolute atomic E-state index is 13.9. The highest BCUT2D eigenvalue weighted by Crippen LogP contribution is 2.28. The number of sulfonamides is 1. The third-order valence-corrected chi connectivity index (χ3v) is 7.91. The average Bonchev–Trinajstić information content (AvgIpc) is 3.18. The van der Waals surface area contributed by atoms with Crippen LogP contribution in [0.25, 0.3) is 0 Å². The number of hydrogen-bond acceptors (Lipinski definition) is 4. The van der Waals surface area contributed by atoms with Gasteiger partial charge in [0.1, 0.15) is 5.82 Å². The van der Waals surface area contributed by atoms with Crippen molar-refractivity contribution in [2.75, 3.05) is 29.9 Å². The number of amides is 2. The van der Waals surface area contributed by atoms with Crippen molar-refractivity contribution >= 4 is 33.2 Å². The van der Waals surface area contributed by atoms with Crippen molar-refractivity contribution in [1.82, 2.24) is 4.31 Å². The van der Waals surface area contributed by atoms with Gasteiger partial charge in [-0.25, -0.2) is 12.8 Å². The number of aryl methyl sites for hydroxylation is 1. The predicted molar refractivity (Wildman–Crippen MR) is 119 cm³/mol. The largest absolute Gasteiger partial charge is 0.326 e. The maximum atomic E-state index is 13.9. The Kier molecular flexibility index (Phi) is 6.30. The molecular formula is C23H26FN3O4S. The quantitative estimate of drug-likeness (QED) is 0.743. The molecule has 4 rings (SSSR count). The van der Waals surface area contributed by atoms with Crippen molar-refractivity contribution in [2.45, 2.75) is 37.5 Å². The fourth-order valence-corrected chi connectivity index (χ4v) is 5.68. The summed E-state index contributed by atoms with van der Waals surface area (Å²) in [5.74, 6) is -1.65. The van der Waals surface area contributed by atoms with Crippen molar-refractivity contribution in [3.63, 3.8) is 0 Å². The first kappa shape index (κ1) is 22.4. The van der Waals surface area contributed by atoms with Crippen LogP contribution in [-0.4, -0.2) is 44.2 Å². The number of hydrogen-bond donors (Lipinski definition) is 1. The first-order chi connectivity index (χ1) is 15.3. The maximum Gasteiger partial charge on any atom is 0.243 e. The SMILES string of the molecule is Cc1ccc(N2C[C@H](C(=O)Nc3cccc(S(=O)(=O)N4CCCCC4)c3)CC2=O)cc1F. The minimum atomic E-state index is -3.62. The second-order valence-corrected chi connectivity index (χ2v) is 10.3. The van der Waals surface area contributed by atoms with Crippen LogP contribution in [0.5, 0.6) is 0 Å². The van der Waals surface area contributed by atoms with Crippen molar-refractivity contribution in [1.29, 1.82) is 0 Å². The molecule has 0 aromatic heterocycles. The molecule has 0 bridgehead atoms. The molecule has 2 amide bonds. The molecular weight excluding hydrogens is 433 g/mol. The van der Waals surface area contributed by atoms with Gasteiger partial charge >= 0.3 is 0 Å². The van der Waals surface area contributed by atoms with Crippen LogP contribution in [0.4, 0.5) is 15.8 Å². The molecule has 0 saturated carbocycles. The number of benzene rings is 2. The van der Waals surface area contributed by atoms with Crippen molar-refractivity contribution in [3.05, 3.63) is 53.8 Å². The minimum Gasteiger partial charge on any atom is -0.326 e. The second-order valence-electron chi connectivity index (χ2n) is 8.32. The van der Waals surface area contributed by atoms with Gasteiger partial charge in [-0.15, -0.1) is 0 Å². The number of nitrogens with zero attached hydrogens (tertiary/aromatic N) is 2. The number of carbonyl (C=O) groups excluding carboxylic acids is 2. The summed E-state index contributed by atoms with van der Waals surface area (Å²) in [7, 11) is -3.62. The van der Waals surface area contributed by atoms with E-state index >= 15 is 0 Å². The van der Waals surface area contributed by atoms with E-state index in [0.717, 1.165) is 19.3 Å². The normalized spacial score (nSPS) is 19.9. The number of carbonyl (C=O) groups is 2. The highest BCUT2D eigenvalue weighted by atomic mass is 32.2. The molecule has 2 fully saturated rings. The topological polar surface area (TPSA) is 86.8 Å². The molecule has 2 heterocycles. The van der Waals surface area contributed by atoms with Gasteiger partial charge in [0.2, 0.25) is 21.8 Å². The van der Waals surface area contributed by atoms with Crippen LogP contribution in [0.1, 0.15) is 31.2 Å². The lowest BCUT2D eigenvalue weighted by molar-refractivity contribution is -0.122. The van der Waals surface area contributed by atoms with Gasteiger partial charge < -0.3 is 10.2 Å². The highest BCUT2D eigenvalue weighted by molar-refractivity contribution is 7.89. The molecule has 0 spiro atoms. The Balaban J connectivity index is 1.46. The molecule has 2 aromatic rings. The van der Waals surface area contributed by atoms with Crippen molar-refractivity contribution in [3.8, 4) is 0 Å². The Labute approximate surface area is 187 Å². The summed E-state index contributed by atoms with van der Waals surface area (Å²) in [6, 6.07) is 10.7. The first-order valence-electron chi connectivity index (χ1n) is 10.7. The van der Waals surface area contributed by atoms with Gasteiger partial charge in [0.05, 0.1) is 10.8 Å². The third kappa shape index (κ3) is 4.54. The van der Waals surface area contributed by atoms with Crippen LogP contribution in [0.3, 0.4) is 0 Å². The molecule has 0 radical (unpaired) electrons. The summed E-state index contributed by atoms with van der Waals surface area (Å²) in [6.07, 6.45) is 2.71. The smallest absolute Gasteiger partial charge is 0.243 e. The van der Waals surface area contributed by atoms with Crippen molar-refractivity contribution in [2.24, 2.45) is 5.92 Å². The van der Waals surface area contributed by atoms with Gasteiger partial charge in [-0.3, -0.25) is 9.59 Å². The van der Waals surface area contributed by atoms with Crippen LogP contribution >= 0.6 is 0 Å². The zero-order valence-corrected chi connectivity index (χ0v) is 18.7. The van der Waals surface area contributed by atoms with Crippen LogP contribution < -0.4 is 10.2 Å². The molecule has 0 aliphatic carbocycles. The van der Waals surface area contributed by atoms with Gasteiger partial charge in [0.15, 0.2) is 0 Å². The zero-order chi connectivity index (χ0) is 22.9. The zero-order valence-electron chi connectivity index (χ0n) is 17.9. The molecule has 9 heteroatoms. The van der Waals surface area contributed by atoms with Crippen molar-refractivity contribution < 1.29 is 22.4 Å². The first-order valence-corrected chi connectivity index (χ1v) is 12.2. The van der Waals surface area contributed by atoms with Gasteiger partial charge in [-0.2, -0.15) is 4.31 Å². The number of anilines is 2. The molecule has 2 aliphatic heterocycles. The average molecular weight is 460 g/mol. The van der Waals surface area contributed by atoms with E-state index in [9.17, 15) is 22.4 Å². The highest BCUT2D eigenvalue weighted by Gasteiger charge is 2.35. The van der Waals surface area contributed by atoms with E-state index in [1.807, 2.05) is 0 Å². The van der Waals surface area contributed by atoms with E-state index in [-0.39, 0.29) is 29.7 Å². The molecule has 1 N–H and O–H groups in total. The summed E-state index contributed by atoms with van der Waals surface area (Å²) in [6.45, 7) is 2.77. The van der Waals surface area contributed by atoms with E-state index in [4.69, 9.17) is 0 Å². The molecule has 2 aromatic carbocycles. The Morgan fingerprint density at radius 1 is 1.09 bits per heavy atom. The van der Waals surface area contributed by atoms with E-state index in [2.05, 4.69) is 5.32 Å². The molecule has 32 heavy (non-hydrogen) atoms. The van der Waals surface area contributed by atoms with E-state index < -0.39 is 21.8 Å². The fourth-order valence-electron chi connectivity index (χ4n) is 4.12. The Morgan fingerprint density at radius 3 is 2.56 bits per heavy atom.